The highest BCUT2D eigenvalue weighted by Crippen LogP contribution is 2.14. The number of rotatable bonds is 7. The van der Waals surface area contributed by atoms with E-state index in [0.29, 0.717) is 24.4 Å². The maximum absolute atomic E-state index is 12.2. The Morgan fingerprint density at radius 1 is 1.43 bits per heavy atom. The molecule has 2 amide bonds. The van der Waals surface area contributed by atoms with Crippen LogP contribution in [0.3, 0.4) is 0 Å². The van der Waals surface area contributed by atoms with Crippen molar-refractivity contribution in [3.05, 3.63) is 23.5 Å². The summed E-state index contributed by atoms with van der Waals surface area (Å²) in [6.45, 7) is 4.30. The van der Waals surface area contributed by atoms with Crippen LogP contribution in [0.25, 0.3) is 0 Å². The highest BCUT2D eigenvalue weighted by Gasteiger charge is 2.18. The number of hydrogen-bond donors (Lipinski definition) is 3. The molecule has 1 unspecified atom stereocenters. The Hall–Kier alpha value is -2.15. The molecule has 1 aromatic rings. The monoisotopic (exact) mass is 294 g/mol. The van der Waals surface area contributed by atoms with Crippen LogP contribution < -0.4 is 16.0 Å². The molecular formula is C14H22N4O3. The van der Waals surface area contributed by atoms with Gasteiger partial charge in [-0.2, -0.15) is 0 Å². The zero-order valence-corrected chi connectivity index (χ0v) is 12.8. The van der Waals surface area contributed by atoms with Crippen molar-refractivity contribution in [1.82, 2.24) is 15.6 Å². The van der Waals surface area contributed by atoms with Crippen LogP contribution in [0.2, 0.25) is 0 Å². The van der Waals surface area contributed by atoms with Gasteiger partial charge in [-0.25, -0.2) is 0 Å². The SMILES string of the molecule is CNc1cc(C)ncc1C(=O)NC(C)C(=O)NCCOC. The van der Waals surface area contributed by atoms with Gasteiger partial charge >= 0.3 is 0 Å². The third-order valence-electron chi connectivity index (χ3n) is 2.90. The molecule has 0 saturated carbocycles. The molecular weight excluding hydrogens is 272 g/mol. The van der Waals surface area contributed by atoms with Gasteiger partial charge in [0.25, 0.3) is 5.91 Å². The molecule has 1 heterocycles. The molecule has 1 aromatic heterocycles. The Morgan fingerprint density at radius 3 is 2.76 bits per heavy atom. The third-order valence-corrected chi connectivity index (χ3v) is 2.90. The molecule has 7 heteroatoms. The number of ether oxygens (including phenoxy) is 1. The van der Waals surface area contributed by atoms with Gasteiger partial charge in [-0.15, -0.1) is 0 Å². The number of aromatic nitrogens is 1. The largest absolute Gasteiger partial charge is 0.387 e. The summed E-state index contributed by atoms with van der Waals surface area (Å²) in [5.41, 5.74) is 1.88. The lowest BCUT2D eigenvalue weighted by Gasteiger charge is -2.15. The summed E-state index contributed by atoms with van der Waals surface area (Å²) in [4.78, 5) is 28.1. The third kappa shape index (κ3) is 5.03. The van der Waals surface area contributed by atoms with Crippen LogP contribution in [0.1, 0.15) is 23.0 Å². The summed E-state index contributed by atoms with van der Waals surface area (Å²) in [6, 6.07) is 1.14. The minimum Gasteiger partial charge on any atom is -0.387 e. The van der Waals surface area contributed by atoms with Crippen molar-refractivity contribution in [3.63, 3.8) is 0 Å². The van der Waals surface area contributed by atoms with Gasteiger partial charge in [0.1, 0.15) is 6.04 Å². The second kappa shape index (κ2) is 8.21. The van der Waals surface area contributed by atoms with Crippen molar-refractivity contribution >= 4 is 17.5 Å². The van der Waals surface area contributed by atoms with Crippen LogP contribution >= 0.6 is 0 Å². The minimum absolute atomic E-state index is 0.258. The van der Waals surface area contributed by atoms with Gasteiger partial charge in [-0.05, 0) is 19.9 Å². The van der Waals surface area contributed by atoms with E-state index in [2.05, 4.69) is 20.9 Å². The van der Waals surface area contributed by atoms with Crippen molar-refractivity contribution < 1.29 is 14.3 Å². The van der Waals surface area contributed by atoms with Gasteiger partial charge in [0, 0.05) is 32.6 Å². The van der Waals surface area contributed by atoms with Gasteiger partial charge in [-0.3, -0.25) is 14.6 Å². The molecule has 116 valence electrons. The molecule has 0 aromatic carbocycles. The number of anilines is 1. The molecule has 3 N–H and O–H groups in total. The topological polar surface area (TPSA) is 92.4 Å². The first kappa shape index (κ1) is 16.9. The number of hydrogen-bond acceptors (Lipinski definition) is 5. The van der Waals surface area contributed by atoms with Crippen LogP contribution in [0.4, 0.5) is 5.69 Å². The van der Waals surface area contributed by atoms with Gasteiger partial charge in [0.15, 0.2) is 0 Å². The van der Waals surface area contributed by atoms with E-state index in [-0.39, 0.29) is 11.8 Å². The zero-order chi connectivity index (χ0) is 15.8. The smallest absolute Gasteiger partial charge is 0.255 e. The van der Waals surface area contributed by atoms with E-state index < -0.39 is 6.04 Å². The quantitative estimate of drug-likeness (QED) is 0.630. The average Bonchev–Trinajstić information content (AvgIpc) is 2.46. The highest BCUT2D eigenvalue weighted by molar-refractivity contribution is 6.01. The fourth-order valence-electron chi connectivity index (χ4n) is 1.72. The summed E-state index contributed by atoms with van der Waals surface area (Å²) in [5.74, 6) is -0.604. The number of carbonyl (C=O) groups excluding carboxylic acids is 2. The van der Waals surface area contributed by atoms with Crippen LogP contribution in [-0.2, 0) is 9.53 Å². The maximum Gasteiger partial charge on any atom is 0.255 e. The summed E-state index contributed by atoms with van der Waals surface area (Å²) in [7, 11) is 3.29. The zero-order valence-electron chi connectivity index (χ0n) is 12.8. The predicted molar refractivity (Wildman–Crippen MR) is 80.3 cm³/mol. The fraction of sp³-hybridized carbons (Fsp3) is 0.500. The maximum atomic E-state index is 12.2. The Balaban J connectivity index is 2.66. The van der Waals surface area contributed by atoms with E-state index in [0.717, 1.165) is 5.69 Å². The number of nitrogens with one attached hydrogen (secondary N) is 3. The second-order valence-corrected chi connectivity index (χ2v) is 4.60. The normalized spacial score (nSPS) is 11.6. The predicted octanol–water partition coefficient (Wildman–Crippen LogP) is 0.313. The Kier molecular flexibility index (Phi) is 6.61. The van der Waals surface area contributed by atoms with E-state index in [1.807, 2.05) is 6.92 Å². The molecule has 0 aliphatic heterocycles. The van der Waals surface area contributed by atoms with Crippen LogP contribution in [0, 0.1) is 6.92 Å². The molecule has 0 radical (unpaired) electrons. The first-order valence-electron chi connectivity index (χ1n) is 6.71. The van der Waals surface area contributed by atoms with E-state index in [1.165, 1.54) is 6.20 Å². The van der Waals surface area contributed by atoms with Gasteiger partial charge in [-0.1, -0.05) is 0 Å². The lowest BCUT2D eigenvalue weighted by Crippen LogP contribution is -2.45. The lowest BCUT2D eigenvalue weighted by molar-refractivity contribution is -0.122. The summed E-state index contributed by atoms with van der Waals surface area (Å²) in [5, 5.41) is 8.26. The Bertz CT molecular complexity index is 505. The van der Waals surface area contributed by atoms with Gasteiger partial charge in [0.05, 0.1) is 17.9 Å². The number of aryl methyl sites for hydroxylation is 1. The molecule has 0 bridgehead atoms. The van der Waals surface area contributed by atoms with Crippen LogP contribution in [-0.4, -0.2) is 50.1 Å². The Morgan fingerprint density at radius 2 is 2.14 bits per heavy atom. The molecule has 0 aliphatic rings. The molecule has 1 rings (SSSR count). The van der Waals surface area contributed by atoms with E-state index in [9.17, 15) is 9.59 Å². The molecule has 0 saturated heterocycles. The summed E-state index contributed by atoms with van der Waals surface area (Å²) >= 11 is 0. The molecule has 0 spiro atoms. The van der Waals surface area contributed by atoms with Gasteiger partial charge in [0.2, 0.25) is 5.91 Å². The van der Waals surface area contributed by atoms with Crippen molar-refractivity contribution in [1.29, 1.82) is 0 Å². The number of pyridine rings is 1. The fourth-order valence-corrected chi connectivity index (χ4v) is 1.72. The number of carbonyl (C=O) groups is 2. The second-order valence-electron chi connectivity index (χ2n) is 4.60. The number of amides is 2. The lowest BCUT2D eigenvalue weighted by atomic mass is 10.2. The molecule has 7 nitrogen and oxygen atoms in total. The average molecular weight is 294 g/mol. The molecule has 1 atom stereocenters. The first-order valence-corrected chi connectivity index (χ1v) is 6.71. The van der Waals surface area contributed by atoms with E-state index >= 15 is 0 Å². The van der Waals surface area contributed by atoms with Crippen molar-refractivity contribution in [2.75, 3.05) is 32.6 Å². The summed E-state index contributed by atoms with van der Waals surface area (Å²) in [6.07, 6.45) is 1.49. The molecule has 0 fully saturated rings. The van der Waals surface area contributed by atoms with E-state index in [1.54, 1.807) is 27.1 Å². The van der Waals surface area contributed by atoms with Crippen LogP contribution in [0.15, 0.2) is 12.3 Å². The Labute approximate surface area is 124 Å². The van der Waals surface area contributed by atoms with Crippen molar-refractivity contribution in [3.8, 4) is 0 Å². The highest BCUT2D eigenvalue weighted by atomic mass is 16.5. The standard InChI is InChI=1S/C14H22N4O3/c1-9-7-12(15-3)11(8-17-9)14(20)18-10(2)13(19)16-5-6-21-4/h7-8,10H,5-6H2,1-4H3,(H,15,17)(H,16,19)(H,18,20). The van der Waals surface area contributed by atoms with Crippen molar-refractivity contribution in [2.45, 2.75) is 19.9 Å². The number of methoxy groups -OCH3 is 1. The molecule has 0 aliphatic carbocycles. The minimum atomic E-state index is -0.639. The summed E-state index contributed by atoms with van der Waals surface area (Å²) < 4.78 is 4.85. The van der Waals surface area contributed by atoms with E-state index in [4.69, 9.17) is 4.74 Å². The molecule has 21 heavy (non-hydrogen) atoms. The van der Waals surface area contributed by atoms with Crippen LogP contribution in [0.5, 0.6) is 0 Å². The van der Waals surface area contributed by atoms with Crippen molar-refractivity contribution in [2.24, 2.45) is 0 Å². The number of nitrogens with zero attached hydrogens (tertiary/aromatic N) is 1. The first-order chi connectivity index (χ1) is 9.99. The van der Waals surface area contributed by atoms with Gasteiger partial charge < -0.3 is 20.7 Å².